The molecule has 10 heteroatoms. The summed E-state index contributed by atoms with van der Waals surface area (Å²) < 4.78 is 38.2. The predicted octanol–water partition coefficient (Wildman–Crippen LogP) is 4.12. The van der Waals surface area contributed by atoms with Gasteiger partial charge in [-0.3, -0.25) is 0 Å². The lowest BCUT2D eigenvalue weighted by atomic mass is 10.0. The number of halogens is 3. The van der Waals surface area contributed by atoms with Gasteiger partial charge in [0, 0.05) is 18.2 Å². The maximum Gasteiger partial charge on any atom is 0.416 e. The van der Waals surface area contributed by atoms with Crippen LogP contribution in [0.3, 0.4) is 0 Å². The number of aromatic nitrogens is 3. The highest BCUT2D eigenvalue weighted by Gasteiger charge is 2.30. The highest BCUT2D eigenvalue weighted by atomic mass is 32.1. The Balaban J connectivity index is 1.59. The van der Waals surface area contributed by atoms with Crippen molar-refractivity contribution in [1.29, 1.82) is 0 Å². The Morgan fingerprint density at radius 3 is 2.61 bits per heavy atom. The summed E-state index contributed by atoms with van der Waals surface area (Å²) in [6.45, 7) is 1.02. The van der Waals surface area contributed by atoms with Crippen LogP contribution in [-0.4, -0.2) is 27.5 Å². The molecular formula is C18H19F3N6S. The highest BCUT2D eigenvalue weighted by molar-refractivity contribution is 7.18. The molecule has 0 aliphatic carbocycles. The minimum atomic E-state index is -4.37. The predicted molar refractivity (Wildman–Crippen MR) is 104 cm³/mol. The first-order valence-corrected chi connectivity index (χ1v) is 9.81. The molecule has 3 heterocycles. The average Bonchev–Trinajstić information content (AvgIpc) is 3.04. The molecule has 1 atom stereocenters. The fourth-order valence-corrected chi connectivity index (χ4v) is 4.27. The number of nitrogens with zero attached hydrogens (tertiary/aromatic N) is 3. The van der Waals surface area contributed by atoms with E-state index in [0.717, 1.165) is 36.5 Å². The van der Waals surface area contributed by atoms with E-state index in [9.17, 15) is 13.2 Å². The molecule has 6 nitrogen and oxygen atoms in total. The number of nitrogens with two attached hydrogens (primary N) is 1. The van der Waals surface area contributed by atoms with E-state index in [1.807, 2.05) is 0 Å². The zero-order valence-corrected chi connectivity index (χ0v) is 15.7. The van der Waals surface area contributed by atoms with Gasteiger partial charge in [0.1, 0.15) is 5.52 Å². The van der Waals surface area contributed by atoms with E-state index in [2.05, 4.69) is 25.6 Å². The molecule has 1 fully saturated rings. The average molecular weight is 408 g/mol. The van der Waals surface area contributed by atoms with Gasteiger partial charge in [-0.05, 0) is 43.7 Å². The molecule has 0 radical (unpaired) electrons. The Hall–Kier alpha value is -2.46. The second-order valence-electron chi connectivity index (χ2n) is 6.74. The highest BCUT2D eigenvalue weighted by Crippen LogP contribution is 2.32. The first-order chi connectivity index (χ1) is 13.4. The number of fused-ring (bicyclic) bond motifs is 1. The number of nitrogens with one attached hydrogen (secondary N) is 2. The lowest BCUT2D eigenvalue weighted by Crippen LogP contribution is -2.35. The van der Waals surface area contributed by atoms with E-state index >= 15 is 0 Å². The molecule has 0 saturated carbocycles. The van der Waals surface area contributed by atoms with Crippen LogP contribution in [0, 0.1) is 0 Å². The number of hydrogen-bond donors (Lipinski definition) is 3. The van der Waals surface area contributed by atoms with Gasteiger partial charge in [-0.25, -0.2) is 9.97 Å². The molecule has 28 heavy (non-hydrogen) atoms. The van der Waals surface area contributed by atoms with Crippen molar-refractivity contribution in [3.05, 3.63) is 34.8 Å². The summed E-state index contributed by atoms with van der Waals surface area (Å²) in [7, 11) is 0. The molecule has 3 aromatic rings. The third-order valence-electron chi connectivity index (χ3n) is 4.63. The quantitative estimate of drug-likeness (QED) is 0.602. The van der Waals surface area contributed by atoms with Gasteiger partial charge >= 0.3 is 6.18 Å². The van der Waals surface area contributed by atoms with Crippen molar-refractivity contribution in [1.82, 2.24) is 20.3 Å². The Morgan fingerprint density at radius 1 is 1.14 bits per heavy atom. The molecule has 0 bridgehead atoms. The minimum Gasteiger partial charge on any atom is -0.368 e. The number of nitrogen functional groups attached to an aromatic ring is 1. The van der Waals surface area contributed by atoms with Crippen molar-refractivity contribution in [2.45, 2.75) is 37.9 Å². The van der Waals surface area contributed by atoms with E-state index in [0.29, 0.717) is 27.9 Å². The number of alkyl halides is 3. The van der Waals surface area contributed by atoms with Crippen molar-refractivity contribution in [2.75, 3.05) is 17.6 Å². The summed E-state index contributed by atoms with van der Waals surface area (Å²) >= 11 is 1.46. The van der Waals surface area contributed by atoms with Crippen LogP contribution in [0.5, 0.6) is 0 Å². The van der Waals surface area contributed by atoms with Crippen LogP contribution in [0.15, 0.2) is 24.3 Å². The smallest absolute Gasteiger partial charge is 0.368 e. The van der Waals surface area contributed by atoms with E-state index in [1.54, 1.807) is 0 Å². The normalized spacial score (nSPS) is 17.8. The summed E-state index contributed by atoms with van der Waals surface area (Å²) in [6.07, 6.45) is -0.0568. The van der Waals surface area contributed by atoms with Crippen LogP contribution in [0.4, 0.5) is 30.6 Å². The largest absolute Gasteiger partial charge is 0.416 e. The summed E-state index contributed by atoms with van der Waals surface area (Å²) in [5.41, 5.74) is 6.14. The molecule has 1 unspecified atom stereocenters. The molecular weight excluding hydrogens is 389 g/mol. The van der Waals surface area contributed by atoms with Crippen LogP contribution < -0.4 is 16.4 Å². The number of hydrogen-bond acceptors (Lipinski definition) is 7. The number of rotatable bonds is 4. The van der Waals surface area contributed by atoms with Crippen molar-refractivity contribution in [3.8, 4) is 0 Å². The number of anilines is 3. The number of thiazole rings is 1. The van der Waals surface area contributed by atoms with Crippen LogP contribution in [0.1, 0.15) is 29.8 Å². The first kappa shape index (κ1) is 18.9. The zero-order chi connectivity index (χ0) is 19.7. The molecule has 1 saturated heterocycles. The van der Waals surface area contributed by atoms with Crippen LogP contribution in [0.25, 0.3) is 10.3 Å². The van der Waals surface area contributed by atoms with Gasteiger partial charge in [0.15, 0.2) is 10.6 Å². The topological polar surface area (TPSA) is 88.8 Å². The number of piperidine rings is 1. The lowest BCUT2D eigenvalue weighted by Gasteiger charge is -2.22. The molecule has 0 amide bonds. The molecule has 4 N–H and O–H groups in total. The van der Waals surface area contributed by atoms with Crippen molar-refractivity contribution in [3.63, 3.8) is 0 Å². The number of benzene rings is 1. The van der Waals surface area contributed by atoms with Crippen LogP contribution >= 0.6 is 11.3 Å². The molecule has 2 aromatic heterocycles. The SMILES string of the molecule is Nc1nc(Nc2ccc(C(F)(F)F)cc2)c2nc(CC3CCCCN3)sc2n1. The fourth-order valence-electron chi connectivity index (χ4n) is 3.24. The van der Waals surface area contributed by atoms with Gasteiger partial charge in [-0.15, -0.1) is 0 Å². The van der Waals surface area contributed by atoms with E-state index < -0.39 is 11.7 Å². The standard InChI is InChI=1S/C18H19F3N6S/c19-18(20,21)10-4-6-11(7-5-10)24-15-14-16(27-17(22)26-15)28-13(25-14)9-12-3-1-2-8-23-12/h4-7,12,23H,1-3,8-9H2,(H3,22,24,26,27). The van der Waals surface area contributed by atoms with Crippen molar-refractivity contribution in [2.24, 2.45) is 0 Å². The van der Waals surface area contributed by atoms with Gasteiger partial charge in [0.25, 0.3) is 0 Å². The molecule has 1 aliphatic heterocycles. The molecule has 1 aliphatic rings. The summed E-state index contributed by atoms with van der Waals surface area (Å²) in [6, 6.07) is 5.14. The summed E-state index contributed by atoms with van der Waals surface area (Å²) in [5.74, 6) is 0.481. The van der Waals surface area contributed by atoms with E-state index in [1.165, 1.54) is 36.3 Å². The summed E-state index contributed by atoms with van der Waals surface area (Å²) in [4.78, 5) is 13.8. The second-order valence-corrected chi connectivity index (χ2v) is 7.80. The Bertz CT molecular complexity index is 964. The second kappa shape index (κ2) is 7.51. The lowest BCUT2D eigenvalue weighted by molar-refractivity contribution is -0.137. The van der Waals surface area contributed by atoms with Crippen LogP contribution in [0.2, 0.25) is 0 Å². The van der Waals surface area contributed by atoms with Crippen molar-refractivity contribution < 1.29 is 13.2 Å². The maximum atomic E-state index is 12.7. The monoisotopic (exact) mass is 408 g/mol. The molecule has 148 valence electrons. The third-order valence-corrected chi connectivity index (χ3v) is 5.60. The molecule has 1 aromatic carbocycles. The van der Waals surface area contributed by atoms with Crippen molar-refractivity contribution >= 4 is 39.1 Å². The van der Waals surface area contributed by atoms with Gasteiger partial charge in [-0.1, -0.05) is 17.8 Å². The zero-order valence-electron chi connectivity index (χ0n) is 14.9. The van der Waals surface area contributed by atoms with Gasteiger partial charge in [-0.2, -0.15) is 18.2 Å². The summed E-state index contributed by atoms with van der Waals surface area (Å²) in [5, 5.41) is 7.44. The van der Waals surface area contributed by atoms with E-state index in [4.69, 9.17) is 5.73 Å². The molecule has 4 rings (SSSR count). The van der Waals surface area contributed by atoms with E-state index in [-0.39, 0.29) is 5.95 Å². The third kappa shape index (κ3) is 4.17. The minimum absolute atomic E-state index is 0.0907. The van der Waals surface area contributed by atoms with Gasteiger partial charge in [0.05, 0.1) is 10.6 Å². The van der Waals surface area contributed by atoms with Gasteiger partial charge < -0.3 is 16.4 Å². The Labute approximate surface area is 163 Å². The fraction of sp³-hybridized carbons (Fsp3) is 0.389. The van der Waals surface area contributed by atoms with Gasteiger partial charge in [0.2, 0.25) is 5.95 Å². The first-order valence-electron chi connectivity index (χ1n) is 8.99. The maximum absolute atomic E-state index is 12.7. The Kier molecular flexibility index (Phi) is 5.07. The van der Waals surface area contributed by atoms with Crippen LogP contribution in [-0.2, 0) is 12.6 Å². The Morgan fingerprint density at radius 2 is 1.93 bits per heavy atom. The molecule has 0 spiro atoms.